The molecule has 1 N–H and O–H groups in total. The van der Waals surface area contributed by atoms with Gasteiger partial charge >= 0.3 is 35.8 Å². The van der Waals surface area contributed by atoms with Crippen molar-refractivity contribution in [2.45, 2.75) is 138 Å². The maximum atomic E-state index is 13.0. The molecular weight excluding hydrogens is 676 g/mol. The summed E-state index contributed by atoms with van der Waals surface area (Å²) >= 11 is 0. The zero-order valence-corrected chi connectivity index (χ0v) is 31.6. The normalized spacial score (nSPS) is 28.2. The SMILES string of the molecule is CC(C)C(=O)O[C@@H]1[C@@H](OC(=O)C(C)C)[C@H](OC[C@H]2OC(O)[C@H](OC(=O)C(C)C)[C@@H](OC(=O)C(C)C)[C@@H]2OC(=O)C(C)C)OC[C@@H]1OC(=O)C(C)C. The minimum Gasteiger partial charge on any atom is -0.456 e. The topological polar surface area (TPSA) is 206 Å². The second kappa shape index (κ2) is 19.5. The van der Waals surface area contributed by atoms with Crippen LogP contribution in [0.4, 0.5) is 0 Å². The Labute approximate surface area is 299 Å². The standard InChI is InChI=1S/C35H56O16/c1-15(2)28(36)45-22-14-44-35(27(51-33(41)20(11)12)24(22)48-30(38)17(5)6)43-13-21-23(47-29(37)16(3)4)25(49-31(39)18(7)8)26(34(42)46-21)50-32(40)19(9)10/h15-27,34-35,42H,13-14H2,1-12H3/t21-,22+,23-,24+,25+,26-,27-,34?,35-/m1/s1. The number of aliphatic hydroxyl groups is 1. The first kappa shape index (κ1) is 43.8. The number of carbonyl (C=O) groups excluding carboxylic acids is 6. The molecular formula is C35H56O16. The second-order valence-electron chi connectivity index (χ2n) is 14.5. The number of hydrogen-bond donors (Lipinski definition) is 1. The largest absolute Gasteiger partial charge is 0.456 e. The highest BCUT2D eigenvalue weighted by Gasteiger charge is 2.54. The van der Waals surface area contributed by atoms with Gasteiger partial charge in [-0.05, 0) is 0 Å². The molecule has 2 aliphatic heterocycles. The molecule has 2 fully saturated rings. The van der Waals surface area contributed by atoms with E-state index in [1.165, 1.54) is 0 Å². The monoisotopic (exact) mass is 732 g/mol. The van der Waals surface area contributed by atoms with Gasteiger partial charge in [-0.25, -0.2) is 0 Å². The molecule has 0 aromatic carbocycles. The lowest BCUT2D eigenvalue weighted by Crippen LogP contribution is -2.64. The molecule has 2 saturated heterocycles. The minimum atomic E-state index is -1.87. The fourth-order valence-corrected chi connectivity index (χ4v) is 4.51. The van der Waals surface area contributed by atoms with Gasteiger partial charge in [-0.2, -0.15) is 0 Å². The van der Waals surface area contributed by atoms with Crippen LogP contribution in [-0.2, 0) is 71.4 Å². The van der Waals surface area contributed by atoms with Crippen molar-refractivity contribution >= 4 is 35.8 Å². The number of hydrogen-bond acceptors (Lipinski definition) is 16. The molecule has 0 aromatic rings. The van der Waals surface area contributed by atoms with Crippen LogP contribution in [0.5, 0.6) is 0 Å². The summed E-state index contributed by atoms with van der Waals surface area (Å²) in [7, 11) is 0. The van der Waals surface area contributed by atoms with E-state index >= 15 is 0 Å². The average molecular weight is 733 g/mol. The summed E-state index contributed by atoms with van der Waals surface area (Å²) in [5.41, 5.74) is 0. The highest BCUT2D eigenvalue weighted by molar-refractivity contribution is 5.75. The maximum absolute atomic E-state index is 13.0. The molecule has 0 amide bonds. The summed E-state index contributed by atoms with van der Waals surface area (Å²) in [5.74, 6) is -7.92. The van der Waals surface area contributed by atoms with Gasteiger partial charge in [0.25, 0.3) is 0 Å². The van der Waals surface area contributed by atoms with Crippen molar-refractivity contribution in [3.8, 4) is 0 Å². The summed E-state index contributed by atoms with van der Waals surface area (Å²) in [6.07, 6.45) is -13.4. The Morgan fingerprint density at radius 1 is 0.510 bits per heavy atom. The van der Waals surface area contributed by atoms with Crippen LogP contribution < -0.4 is 0 Å². The molecule has 16 nitrogen and oxygen atoms in total. The van der Waals surface area contributed by atoms with Crippen molar-refractivity contribution in [2.75, 3.05) is 13.2 Å². The minimum absolute atomic E-state index is 0.337. The van der Waals surface area contributed by atoms with Gasteiger partial charge in [0.2, 0.25) is 0 Å². The van der Waals surface area contributed by atoms with Crippen LogP contribution in [0.25, 0.3) is 0 Å². The number of carbonyl (C=O) groups is 6. The van der Waals surface area contributed by atoms with E-state index in [0.29, 0.717) is 0 Å². The van der Waals surface area contributed by atoms with Crippen LogP contribution in [-0.4, -0.2) is 109 Å². The van der Waals surface area contributed by atoms with E-state index in [4.69, 9.17) is 42.6 Å². The molecule has 1 unspecified atom stereocenters. The summed E-state index contributed by atoms with van der Waals surface area (Å²) in [4.78, 5) is 76.9. The fourth-order valence-electron chi connectivity index (χ4n) is 4.51. The van der Waals surface area contributed by atoms with Crippen molar-refractivity contribution in [1.29, 1.82) is 0 Å². The molecule has 2 rings (SSSR count). The number of ether oxygens (including phenoxy) is 9. The van der Waals surface area contributed by atoms with Gasteiger partial charge in [-0.1, -0.05) is 83.1 Å². The van der Waals surface area contributed by atoms with E-state index in [9.17, 15) is 33.9 Å². The highest BCUT2D eigenvalue weighted by Crippen LogP contribution is 2.32. The first-order valence-corrected chi connectivity index (χ1v) is 17.5. The van der Waals surface area contributed by atoms with Crippen LogP contribution in [0.3, 0.4) is 0 Å². The summed E-state index contributed by atoms with van der Waals surface area (Å²) in [6.45, 7) is 18.1. The molecule has 2 aliphatic rings. The van der Waals surface area contributed by atoms with Crippen LogP contribution in [0.1, 0.15) is 83.1 Å². The lowest BCUT2D eigenvalue weighted by Gasteiger charge is -2.45. The first-order valence-electron chi connectivity index (χ1n) is 17.5. The van der Waals surface area contributed by atoms with Gasteiger partial charge in [0.1, 0.15) is 6.10 Å². The third-order valence-corrected chi connectivity index (χ3v) is 7.77. The molecule has 16 heteroatoms. The Bertz CT molecular complexity index is 1210. The summed E-state index contributed by atoms with van der Waals surface area (Å²) < 4.78 is 51.7. The van der Waals surface area contributed by atoms with Crippen molar-refractivity contribution in [3.63, 3.8) is 0 Å². The van der Waals surface area contributed by atoms with Gasteiger partial charge in [0.05, 0.1) is 48.7 Å². The Hall–Kier alpha value is -3.34. The van der Waals surface area contributed by atoms with Crippen LogP contribution in [0, 0.1) is 35.5 Å². The van der Waals surface area contributed by atoms with Gasteiger partial charge in [-0.15, -0.1) is 0 Å². The van der Waals surface area contributed by atoms with Crippen LogP contribution >= 0.6 is 0 Å². The molecule has 0 aromatic heterocycles. The van der Waals surface area contributed by atoms with Crippen molar-refractivity contribution in [2.24, 2.45) is 35.5 Å². The predicted molar refractivity (Wildman–Crippen MR) is 175 cm³/mol. The molecule has 0 spiro atoms. The molecule has 0 aliphatic carbocycles. The Balaban J connectivity index is 2.55. The van der Waals surface area contributed by atoms with E-state index in [-0.39, 0.29) is 6.61 Å². The Kier molecular flexibility index (Phi) is 16.7. The van der Waals surface area contributed by atoms with Crippen molar-refractivity contribution in [3.05, 3.63) is 0 Å². The first-order chi connectivity index (χ1) is 23.7. The van der Waals surface area contributed by atoms with Crippen LogP contribution in [0.2, 0.25) is 0 Å². The molecule has 0 bridgehead atoms. The summed E-state index contributed by atoms with van der Waals surface area (Å²) in [5, 5.41) is 11.1. The van der Waals surface area contributed by atoms with Gasteiger partial charge in [0, 0.05) is 0 Å². The maximum Gasteiger partial charge on any atom is 0.308 e. The third kappa shape index (κ3) is 12.4. The van der Waals surface area contributed by atoms with Gasteiger partial charge in [-0.3, -0.25) is 28.8 Å². The third-order valence-electron chi connectivity index (χ3n) is 7.77. The van der Waals surface area contributed by atoms with E-state index in [1.807, 2.05) is 0 Å². The average Bonchev–Trinajstić information content (AvgIpc) is 3.03. The van der Waals surface area contributed by atoms with Crippen molar-refractivity contribution < 1.29 is 76.5 Å². The van der Waals surface area contributed by atoms with E-state index in [2.05, 4.69) is 0 Å². The Morgan fingerprint density at radius 3 is 1.29 bits per heavy atom. The van der Waals surface area contributed by atoms with Gasteiger partial charge < -0.3 is 47.7 Å². The molecule has 0 radical (unpaired) electrons. The van der Waals surface area contributed by atoms with E-state index in [0.717, 1.165) is 0 Å². The zero-order valence-electron chi connectivity index (χ0n) is 31.6. The summed E-state index contributed by atoms with van der Waals surface area (Å²) in [6, 6.07) is 0. The second-order valence-corrected chi connectivity index (χ2v) is 14.5. The predicted octanol–water partition coefficient (Wildman–Crippen LogP) is 2.48. The molecule has 2 heterocycles. The molecule has 0 saturated carbocycles. The molecule has 9 atom stereocenters. The van der Waals surface area contributed by atoms with Gasteiger partial charge in [0.15, 0.2) is 49.2 Å². The molecule has 51 heavy (non-hydrogen) atoms. The van der Waals surface area contributed by atoms with E-state index in [1.54, 1.807) is 83.1 Å². The number of aliphatic hydroxyl groups excluding tert-OH is 1. The van der Waals surface area contributed by atoms with E-state index < -0.39 is 133 Å². The molecule has 292 valence electrons. The van der Waals surface area contributed by atoms with Crippen molar-refractivity contribution in [1.82, 2.24) is 0 Å². The lowest BCUT2D eigenvalue weighted by molar-refractivity contribution is -0.319. The fraction of sp³-hybridized carbons (Fsp3) is 0.829. The lowest BCUT2D eigenvalue weighted by atomic mass is 9.97. The Morgan fingerprint density at radius 2 is 0.863 bits per heavy atom. The quantitative estimate of drug-likeness (QED) is 0.190. The van der Waals surface area contributed by atoms with Crippen LogP contribution in [0.15, 0.2) is 0 Å². The number of esters is 6. The zero-order chi connectivity index (χ0) is 38.9. The number of rotatable bonds is 15. The smallest absolute Gasteiger partial charge is 0.308 e. The highest BCUT2D eigenvalue weighted by atomic mass is 16.7.